The Morgan fingerprint density at radius 1 is 1.07 bits per heavy atom. The van der Waals surface area contributed by atoms with Crippen LogP contribution in [0.5, 0.6) is 11.5 Å². The molecule has 1 aliphatic rings. The van der Waals surface area contributed by atoms with Gasteiger partial charge in [-0.15, -0.1) is 0 Å². The number of thiazole rings is 1. The number of para-hydroxylation sites is 1. The number of hydrogen-bond donors (Lipinski definition) is 0. The maximum absolute atomic E-state index is 14.1. The molecule has 0 aliphatic carbocycles. The zero-order valence-electron chi connectivity index (χ0n) is 24.1. The van der Waals surface area contributed by atoms with Crippen LogP contribution in [0.4, 0.5) is 0 Å². The predicted molar refractivity (Wildman–Crippen MR) is 185 cm³/mol. The summed E-state index contributed by atoms with van der Waals surface area (Å²) >= 11 is 5.83. The van der Waals surface area contributed by atoms with Gasteiger partial charge in [0, 0.05) is 5.56 Å². The Hall–Kier alpha value is -2.97. The van der Waals surface area contributed by atoms with Gasteiger partial charge >= 0.3 is 5.97 Å². The molecule has 43 heavy (non-hydrogen) atoms. The first-order valence-corrected chi connectivity index (χ1v) is 16.8. The van der Waals surface area contributed by atoms with Crippen LogP contribution in [0.1, 0.15) is 50.4 Å². The molecule has 4 aromatic rings. The van der Waals surface area contributed by atoms with E-state index >= 15 is 0 Å². The monoisotopic (exact) mass is 820 g/mol. The van der Waals surface area contributed by atoms with Crippen molar-refractivity contribution in [2.45, 2.75) is 46.4 Å². The van der Waals surface area contributed by atoms with Gasteiger partial charge in [0.25, 0.3) is 5.56 Å². The van der Waals surface area contributed by atoms with Crippen LogP contribution in [0, 0.1) is 7.14 Å². The molecule has 0 saturated heterocycles. The number of halogens is 2. The first kappa shape index (κ1) is 31.5. The lowest BCUT2D eigenvalue weighted by atomic mass is 9.95. The van der Waals surface area contributed by atoms with E-state index in [1.54, 1.807) is 18.4 Å². The zero-order valence-corrected chi connectivity index (χ0v) is 29.2. The van der Waals surface area contributed by atoms with Gasteiger partial charge < -0.3 is 14.2 Å². The molecule has 0 bridgehead atoms. The van der Waals surface area contributed by atoms with Crippen LogP contribution < -0.4 is 24.4 Å². The molecule has 222 valence electrons. The van der Waals surface area contributed by atoms with Gasteiger partial charge in [0.2, 0.25) is 0 Å². The third kappa shape index (κ3) is 6.91. The van der Waals surface area contributed by atoms with Crippen LogP contribution in [0.25, 0.3) is 6.08 Å². The lowest BCUT2D eigenvalue weighted by Crippen LogP contribution is -2.40. The van der Waals surface area contributed by atoms with Gasteiger partial charge in [-0.1, -0.05) is 59.9 Å². The molecule has 5 rings (SSSR count). The molecule has 0 N–H and O–H groups in total. The van der Waals surface area contributed by atoms with Crippen molar-refractivity contribution in [2.75, 3.05) is 6.61 Å². The second kappa shape index (κ2) is 13.8. The van der Waals surface area contributed by atoms with Crippen molar-refractivity contribution in [3.8, 4) is 11.5 Å². The van der Waals surface area contributed by atoms with Crippen LogP contribution in [-0.2, 0) is 16.1 Å². The van der Waals surface area contributed by atoms with E-state index in [1.165, 1.54) is 11.3 Å². The number of allylic oxidation sites excluding steroid dienone is 1. The highest BCUT2D eigenvalue weighted by Gasteiger charge is 2.35. The third-order valence-electron chi connectivity index (χ3n) is 6.64. The number of carbonyl (C=O) groups is 1. The molecule has 1 aromatic heterocycles. The van der Waals surface area contributed by atoms with Crippen molar-refractivity contribution >= 4 is 68.6 Å². The Morgan fingerprint density at radius 3 is 2.42 bits per heavy atom. The number of fused-ring (bicyclic) bond motifs is 1. The maximum atomic E-state index is 14.1. The van der Waals surface area contributed by atoms with E-state index in [0.29, 0.717) is 38.5 Å². The molecule has 0 spiro atoms. The highest BCUT2D eigenvalue weighted by molar-refractivity contribution is 14.1. The number of esters is 1. The molecule has 0 amide bonds. The maximum Gasteiger partial charge on any atom is 0.338 e. The Morgan fingerprint density at radius 2 is 1.74 bits per heavy atom. The van der Waals surface area contributed by atoms with Gasteiger partial charge in [0.1, 0.15) is 24.1 Å². The molecule has 2 heterocycles. The normalized spacial score (nSPS) is 14.9. The first-order valence-electron chi connectivity index (χ1n) is 13.8. The van der Waals surface area contributed by atoms with Crippen LogP contribution in [0.15, 0.2) is 87.8 Å². The summed E-state index contributed by atoms with van der Waals surface area (Å²) < 4.78 is 21.7. The van der Waals surface area contributed by atoms with Crippen LogP contribution in [0.2, 0.25) is 0 Å². The van der Waals surface area contributed by atoms with Gasteiger partial charge in [-0.2, -0.15) is 0 Å². The van der Waals surface area contributed by atoms with Crippen molar-refractivity contribution in [1.82, 2.24) is 4.57 Å². The predicted octanol–water partition coefficient (Wildman–Crippen LogP) is 6.37. The van der Waals surface area contributed by atoms with E-state index in [1.807, 2.05) is 86.7 Å². The summed E-state index contributed by atoms with van der Waals surface area (Å²) in [5.41, 5.74) is 3.26. The van der Waals surface area contributed by atoms with E-state index in [2.05, 4.69) is 45.2 Å². The summed E-state index contributed by atoms with van der Waals surface area (Å²) in [6.45, 7) is 8.09. The lowest BCUT2D eigenvalue weighted by molar-refractivity contribution is -0.139. The second-order valence-electron chi connectivity index (χ2n) is 10.1. The average Bonchev–Trinajstić information content (AvgIpc) is 3.26. The number of nitrogens with zero attached hydrogens (tertiary/aromatic N) is 2. The third-order valence-corrected chi connectivity index (χ3v) is 9.22. The number of rotatable bonds is 9. The van der Waals surface area contributed by atoms with Crippen molar-refractivity contribution in [1.29, 1.82) is 0 Å². The highest BCUT2D eigenvalue weighted by Crippen LogP contribution is 2.36. The Kier molecular flexibility index (Phi) is 10.1. The van der Waals surface area contributed by atoms with E-state index in [4.69, 9.17) is 19.2 Å². The quantitative estimate of drug-likeness (QED) is 0.145. The molecule has 1 atom stereocenters. The molecule has 0 fully saturated rings. The van der Waals surface area contributed by atoms with Gasteiger partial charge in [-0.25, -0.2) is 9.79 Å². The fourth-order valence-electron chi connectivity index (χ4n) is 4.84. The second-order valence-corrected chi connectivity index (χ2v) is 13.4. The fraction of sp³-hybridized carbons (Fsp3) is 0.242. The Balaban J connectivity index is 1.60. The summed E-state index contributed by atoms with van der Waals surface area (Å²) in [5, 5.41) is 0. The Bertz CT molecular complexity index is 1860. The molecule has 3 aromatic carbocycles. The molecule has 0 saturated carbocycles. The summed E-state index contributed by atoms with van der Waals surface area (Å²) in [6.07, 6.45) is 1.77. The minimum atomic E-state index is -0.749. The standard InChI is InChI=1S/C33H30I2N2O5S/c1-5-40-32(39)28-20(4)36-33-37(29(28)23-13-9-10-14-26(23)42-19(2)3)31(38)27(43-33)17-22-15-24(34)30(25(35)16-22)41-18-21-11-7-6-8-12-21/h6-17,19,29H,5,18H2,1-4H3/b27-17+/t29-/m1/s1. The van der Waals surface area contributed by atoms with Crippen LogP contribution >= 0.6 is 56.5 Å². The molecule has 0 unspecified atom stereocenters. The minimum absolute atomic E-state index is 0.0994. The van der Waals surface area contributed by atoms with Gasteiger partial charge in [0.15, 0.2) is 4.80 Å². The zero-order chi connectivity index (χ0) is 30.7. The molecule has 7 nitrogen and oxygen atoms in total. The number of aromatic nitrogens is 1. The van der Waals surface area contributed by atoms with E-state index in [9.17, 15) is 9.59 Å². The average molecular weight is 820 g/mol. The van der Waals surface area contributed by atoms with Crippen molar-refractivity contribution in [3.63, 3.8) is 0 Å². The molecule has 1 aliphatic heterocycles. The molecular formula is C33H30I2N2O5S. The molecular weight excluding hydrogens is 790 g/mol. The van der Waals surface area contributed by atoms with Gasteiger partial charge in [-0.3, -0.25) is 9.36 Å². The van der Waals surface area contributed by atoms with Gasteiger partial charge in [-0.05, 0) is 108 Å². The molecule has 0 radical (unpaired) electrons. The summed E-state index contributed by atoms with van der Waals surface area (Å²) in [5.74, 6) is 0.904. The van der Waals surface area contributed by atoms with Crippen molar-refractivity contribution in [3.05, 3.63) is 122 Å². The van der Waals surface area contributed by atoms with Crippen LogP contribution in [0.3, 0.4) is 0 Å². The van der Waals surface area contributed by atoms with E-state index in [-0.39, 0.29) is 18.3 Å². The summed E-state index contributed by atoms with van der Waals surface area (Å²) in [4.78, 5) is 32.6. The Labute approximate surface area is 281 Å². The largest absolute Gasteiger partial charge is 0.491 e. The van der Waals surface area contributed by atoms with Gasteiger partial charge in [0.05, 0.1) is 35.7 Å². The van der Waals surface area contributed by atoms with Crippen molar-refractivity contribution in [2.24, 2.45) is 4.99 Å². The minimum Gasteiger partial charge on any atom is -0.491 e. The number of benzene rings is 3. The van der Waals surface area contributed by atoms with Crippen LogP contribution in [-0.4, -0.2) is 23.2 Å². The lowest BCUT2D eigenvalue weighted by Gasteiger charge is -2.26. The number of carbonyl (C=O) groups excluding carboxylic acids is 1. The summed E-state index contributed by atoms with van der Waals surface area (Å²) in [6, 6.07) is 20.8. The first-order chi connectivity index (χ1) is 20.7. The van der Waals surface area contributed by atoms with Crippen molar-refractivity contribution < 1.29 is 19.0 Å². The summed E-state index contributed by atoms with van der Waals surface area (Å²) in [7, 11) is 0. The SMILES string of the molecule is CCOC(=O)C1=C(C)N=c2s/c(=C/c3cc(I)c(OCc4ccccc4)c(I)c3)c(=O)n2[C@@H]1c1ccccc1OC(C)C. The number of hydrogen-bond acceptors (Lipinski definition) is 7. The molecule has 10 heteroatoms. The van der Waals surface area contributed by atoms with E-state index < -0.39 is 12.0 Å². The smallest absolute Gasteiger partial charge is 0.338 e. The topological polar surface area (TPSA) is 79.1 Å². The number of ether oxygens (including phenoxy) is 3. The fourth-order valence-corrected chi connectivity index (χ4v) is 8.01. The highest BCUT2D eigenvalue weighted by atomic mass is 127. The van der Waals surface area contributed by atoms with E-state index in [0.717, 1.165) is 24.0 Å².